The second-order valence-electron chi connectivity index (χ2n) is 4.20. The molecule has 1 aromatic heterocycles. The van der Waals surface area contributed by atoms with Gasteiger partial charge in [0.15, 0.2) is 0 Å². The highest BCUT2D eigenvalue weighted by Crippen LogP contribution is 2.38. The normalized spacial score (nSPS) is 15.2. The van der Waals surface area contributed by atoms with Crippen molar-refractivity contribution in [3.05, 3.63) is 29.0 Å². The van der Waals surface area contributed by atoms with Crippen LogP contribution in [0.5, 0.6) is 0 Å². The fraction of sp³-hybridized carbons (Fsp3) is 0.333. The number of hydrogen-bond donors (Lipinski definition) is 0. The molecule has 0 bridgehead atoms. The second-order valence-corrected chi connectivity index (χ2v) is 4.60. The Kier molecular flexibility index (Phi) is 2.33. The van der Waals surface area contributed by atoms with Crippen molar-refractivity contribution < 1.29 is 9.53 Å². The highest BCUT2D eigenvalue weighted by atomic mass is 35.5. The first kappa shape index (κ1) is 10.6. The summed E-state index contributed by atoms with van der Waals surface area (Å²) >= 11 is 6.09. The van der Waals surface area contributed by atoms with E-state index < -0.39 is 5.97 Å². The van der Waals surface area contributed by atoms with Crippen molar-refractivity contribution in [2.45, 2.75) is 18.9 Å². The summed E-state index contributed by atoms with van der Waals surface area (Å²) in [5.41, 5.74) is 2.12. The van der Waals surface area contributed by atoms with Crippen molar-refractivity contribution in [1.82, 2.24) is 9.55 Å². The van der Waals surface area contributed by atoms with Gasteiger partial charge in [-0.1, -0.05) is 11.6 Å². The molecule has 0 spiro atoms. The average molecular weight is 251 g/mol. The van der Waals surface area contributed by atoms with Crippen LogP contribution in [0.25, 0.3) is 11.0 Å². The van der Waals surface area contributed by atoms with Crippen LogP contribution in [0.1, 0.15) is 29.2 Å². The Hall–Kier alpha value is -1.55. The summed E-state index contributed by atoms with van der Waals surface area (Å²) in [5, 5.41) is 0.409. The van der Waals surface area contributed by atoms with Crippen molar-refractivity contribution in [3.8, 4) is 0 Å². The highest BCUT2D eigenvalue weighted by molar-refractivity contribution is 6.34. The standard InChI is InChI=1S/C12H11ClN2O2/c1-17-12(16)8-4-10-11(5-9(8)13)15(6-14-10)7-2-3-7/h4-7H,2-3H2,1H3. The van der Waals surface area contributed by atoms with Gasteiger partial charge < -0.3 is 9.30 Å². The van der Waals surface area contributed by atoms with E-state index in [1.165, 1.54) is 20.0 Å². The molecule has 1 aromatic carbocycles. The van der Waals surface area contributed by atoms with Crippen LogP contribution < -0.4 is 0 Å². The molecule has 1 aliphatic carbocycles. The van der Waals surface area contributed by atoms with Crippen LogP contribution in [-0.2, 0) is 4.74 Å². The minimum Gasteiger partial charge on any atom is -0.465 e. The number of fused-ring (bicyclic) bond motifs is 1. The van der Waals surface area contributed by atoms with E-state index in [4.69, 9.17) is 11.6 Å². The Bertz CT molecular complexity index is 602. The number of esters is 1. The molecule has 0 aliphatic heterocycles. The quantitative estimate of drug-likeness (QED) is 0.770. The van der Waals surface area contributed by atoms with Crippen molar-refractivity contribution in [1.29, 1.82) is 0 Å². The van der Waals surface area contributed by atoms with Crippen molar-refractivity contribution in [2.24, 2.45) is 0 Å². The van der Waals surface area contributed by atoms with Crippen LogP contribution in [0.4, 0.5) is 0 Å². The summed E-state index contributed by atoms with van der Waals surface area (Å²) in [6.07, 6.45) is 4.17. The lowest BCUT2D eigenvalue weighted by atomic mass is 10.2. The van der Waals surface area contributed by atoms with E-state index in [2.05, 4.69) is 14.3 Å². The number of aromatic nitrogens is 2. The predicted octanol–water partition coefficient (Wildman–Crippen LogP) is 2.81. The molecule has 0 atom stereocenters. The van der Waals surface area contributed by atoms with Crippen molar-refractivity contribution in [3.63, 3.8) is 0 Å². The Balaban J connectivity index is 2.17. The number of carbonyl (C=O) groups excluding carboxylic acids is 1. The Morgan fingerprint density at radius 3 is 2.94 bits per heavy atom. The van der Waals surface area contributed by atoms with Crippen molar-refractivity contribution in [2.75, 3.05) is 7.11 Å². The third-order valence-corrected chi connectivity index (χ3v) is 3.32. The fourth-order valence-corrected chi connectivity index (χ4v) is 2.19. The molecular weight excluding hydrogens is 240 g/mol. The molecule has 2 aromatic rings. The molecule has 1 fully saturated rings. The smallest absolute Gasteiger partial charge is 0.339 e. The number of ether oxygens (including phenoxy) is 1. The SMILES string of the molecule is COC(=O)c1cc2ncn(C3CC3)c2cc1Cl. The summed E-state index contributed by atoms with van der Waals surface area (Å²) in [4.78, 5) is 15.8. The van der Waals surface area contributed by atoms with Gasteiger partial charge in [0.25, 0.3) is 0 Å². The monoisotopic (exact) mass is 250 g/mol. The molecule has 0 radical (unpaired) electrons. The van der Waals surface area contributed by atoms with Gasteiger partial charge in [-0.25, -0.2) is 9.78 Å². The molecule has 17 heavy (non-hydrogen) atoms. The van der Waals surface area contributed by atoms with Crippen LogP contribution in [0.3, 0.4) is 0 Å². The van der Waals surface area contributed by atoms with E-state index in [1.807, 2.05) is 0 Å². The van der Waals surface area contributed by atoms with Gasteiger partial charge in [-0.15, -0.1) is 0 Å². The maximum Gasteiger partial charge on any atom is 0.339 e. The van der Waals surface area contributed by atoms with Gasteiger partial charge in [0.2, 0.25) is 0 Å². The third kappa shape index (κ3) is 1.69. The number of nitrogens with zero attached hydrogens (tertiary/aromatic N) is 2. The van der Waals surface area contributed by atoms with Crippen LogP contribution in [0, 0.1) is 0 Å². The zero-order valence-electron chi connectivity index (χ0n) is 9.31. The number of rotatable bonds is 2. The zero-order chi connectivity index (χ0) is 12.0. The van der Waals surface area contributed by atoms with Gasteiger partial charge in [-0.3, -0.25) is 0 Å². The van der Waals surface area contributed by atoms with Gasteiger partial charge in [0.05, 0.1) is 35.1 Å². The van der Waals surface area contributed by atoms with E-state index in [9.17, 15) is 4.79 Å². The number of methoxy groups -OCH3 is 1. The van der Waals surface area contributed by atoms with Crippen LogP contribution in [0.2, 0.25) is 5.02 Å². The van der Waals surface area contributed by atoms with Crippen LogP contribution in [-0.4, -0.2) is 22.6 Å². The molecule has 1 saturated carbocycles. The average Bonchev–Trinajstić information content (AvgIpc) is 3.09. The molecule has 0 amide bonds. The van der Waals surface area contributed by atoms with Crippen LogP contribution >= 0.6 is 11.6 Å². The summed E-state index contributed by atoms with van der Waals surface area (Å²) in [6, 6.07) is 4.01. The highest BCUT2D eigenvalue weighted by Gasteiger charge is 2.25. The molecule has 4 nitrogen and oxygen atoms in total. The molecule has 5 heteroatoms. The molecular formula is C12H11ClN2O2. The predicted molar refractivity (Wildman–Crippen MR) is 64.4 cm³/mol. The number of carbonyl (C=O) groups is 1. The van der Waals surface area contributed by atoms with Crippen molar-refractivity contribution >= 4 is 28.6 Å². The lowest BCUT2D eigenvalue weighted by molar-refractivity contribution is 0.0601. The Labute approximate surface area is 103 Å². The summed E-state index contributed by atoms with van der Waals surface area (Å²) in [6.45, 7) is 0. The molecule has 1 aliphatic rings. The lowest BCUT2D eigenvalue weighted by Gasteiger charge is -2.04. The van der Waals surface area contributed by atoms with Gasteiger partial charge in [0, 0.05) is 6.04 Å². The summed E-state index contributed by atoms with van der Waals surface area (Å²) < 4.78 is 6.79. The van der Waals surface area contributed by atoms with E-state index in [-0.39, 0.29) is 0 Å². The first-order valence-electron chi connectivity index (χ1n) is 5.45. The summed E-state index contributed by atoms with van der Waals surface area (Å²) in [5.74, 6) is -0.433. The van der Waals surface area contributed by atoms with Gasteiger partial charge in [-0.2, -0.15) is 0 Å². The number of hydrogen-bond acceptors (Lipinski definition) is 3. The van der Waals surface area contributed by atoms with Gasteiger partial charge >= 0.3 is 5.97 Å². The first-order chi connectivity index (χ1) is 8.20. The molecule has 0 saturated heterocycles. The van der Waals surface area contributed by atoms with E-state index >= 15 is 0 Å². The Morgan fingerprint density at radius 1 is 1.53 bits per heavy atom. The van der Waals surface area contributed by atoms with E-state index in [0.717, 1.165) is 11.0 Å². The lowest BCUT2D eigenvalue weighted by Crippen LogP contribution is -2.02. The maximum atomic E-state index is 11.5. The topological polar surface area (TPSA) is 44.1 Å². The van der Waals surface area contributed by atoms with Crippen LogP contribution in [0.15, 0.2) is 18.5 Å². The van der Waals surface area contributed by atoms with E-state index in [1.54, 1.807) is 18.5 Å². The zero-order valence-corrected chi connectivity index (χ0v) is 10.1. The molecule has 88 valence electrons. The number of benzene rings is 1. The minimum atomic E-state index is -0.433. The second kappa shape index (κ2) is 3.74. The Morgan fingerprint density at radius 2 is 2.29 bits per heavy atom. The molecule has 0 unspecified atom stereocenters. The molecule has 3 rings (SSSR count). The maximum absolute atomic E-state index is 11.5. The third-order valence-electron chi connectivity index (χ3n) is 3.01. The number of imidazole rings is 1. The minimum absolute atomic E-state index is 0.364. The van der Waals surface area contributed by atoms with Gasteiger partial charge in [0.1, 0.15) is 0 Å². The summed E-state index contributed by atoms with van der Waals surface area (Å²) in [7, 11) is 1.34. The first-order valence-corrected chi connectivity index (χ1v) is 5.83. The number of halogens is 1. The van der Waals surface area contributed by atoms with E-state index in [0.29, 0.717) is 16.6 Å². The van der Waals surface area contributed by atoms with Gasteiger partial charge in [-0.05, 0) is 25.0 Å². The largest absolute Gasteiger partial charge is 0.465 e. The fourth-order valence-electron chi connectivity index (χ4n) is 1.96. The molecule has 1 heterocycles. The molecule has 0 N–H and O–H groups in total.